The summed E-state index contributed by atoms with van der Waals surface area (Å²) >= 11 is 0. The molecule has 1 aliphatic carbocycles. The molecular formula is C23H30N4O3. The van der Waals surface area contributed by atoms with Gasteiger partial charge in [-0.1, -0.05) is 18.6 Å². The predicted molar refractivity (Wildman–Crippen MR) is 111 cm³/mol. The number of hydrogen-bond acceptors (Lipinski definition) is 5. The SMILES string of the molecule is O=C1CCC(N2Cc3c(CNC4CCCC5CCNCC54)cccc3C2=O)C(=O)N1. The normalized spacial score (nSPS) is 31.3. The van der Waals surface area contributed by atoms with E-state index in [-0.39, 0.29) is 24.1 Å². The predicted octanol–water partition coefficient (Wildman–Crippen LogP) is 1.32. The summed E-state index contributed by atoms with van der Waals surface area (Å²) < 4.78 is 0. The van der Waals surface area contributed by atoms with Gasteiger partial charge in [0.1, 0.15) is 6.04 Å². The molecule has 3 heterocycles. The number of nitrogens with one attached hydrogen (secondary N) is 3. The lowest BCUT2D eigenvalue weighted by Gasteiger charge is -2.42. The van der Waals surface area contributed by atoms with Crippen molar-refractivity contribution in [3.63, 3.8) is 0 Å². The molecule has 0 radical (unpaired) electrons. The fraction of sp³-hybridized carbons (Fsp3) is 0.609. The molecule has 7 heteroatoms. The number of amides is 3. The standard InChI is InChI=1S/C23H30N4O3/c28-21-8-7-20(22(29)26-21)27-13-18-15(4-1-5-16(18)23(27)30)11-25-19-6-2-3-14-9-10-24-12-17(14)19/h1,4-5,14,17,19-20,24-25H,2-3,6-13H2,(H,26,28,29). The molecule has 30 heavy (non-hydrogen) atoms. The summed E-state index contributed by atoms with van der Waals surface area (Å²) in [6.07, 6.45) is 5.80. The van der Waals surface area contributed by atoms with E-state index in [0.717, 1.165) is 36.7 Å². The molecule has 4 aliphatic rings. The first-order valence-electron chi connectivity index (χ1n) is 11.3. The average Bonchev–Trinajstić information content (AvgIpc) is 3.09. The third kappa shape index (κ3) is 3.54. The van der Waals surface area contributed by atoms with Crippen LogP contribution in [0.1, 0.15) is 60.0 Å². The van der Waals surface area contributed by atoms with Crippen molar-refractivity contribution in [3.8, 4) is 0 Å². The van der Waals surface area contributed by atoms with Gasteiger partial charge in [0, 0.05) is 31.1 Å². The van der Waals surface area contributed by atoms with Crippen LogP contribution >= 0.6 is 0 Å². The Morgan fingerprint density at radius 2 is 2.00 bits per heavy atom. The maximum Gasteiger partial charge on any atom is 0.255 e. The van der Waals surface area contributed by atoms with Crippen molar-refractivity contribution in [3.05, 3.63) is 34.9 Å². The quantitative estimate of drug-likeness (QED) is 0.652. The molecule has 160 valence electrons. The first-order valence-corrected chi connectivity index (χ1v) is 11.3. The van der Waals surface area contributed by atoms with Crippen molar-refractivity contribution < 1.29 is 14.4 Å². The molecule has 0 bridgehead atoms. The highest BCUT2D eigenvalue weighted by molar-refractivity contribution is 6.05. The lowest BCUT2D eigenvalue weighted by Crippen LogP contribution is -2.52. The van der Waals surface area contributed by atoms with E-state index in [1.807, 2.05) is 12.1 Å². The Balaban J connectivity index is 1.30. The van der Waals surface area contributed by atoms with Crippen LogP contribution in [0.3, 0.4) is 0 Å². The lowest BCUT2D eigenvalue weighted by atomic mass is 9.72. The zero-order chi connectivity index (χ0) is 20.7. The van der Waals surface area contributed by atoms with Crippen molar-refractivity contribution in [1.82, 2.24) is 20.9 Å². The second-order valence-electron chi connectivity index (χ2n) is 9.18. The Kier molecular flexibility index (Phi) is 5.33. The third-order valence-corrected chi connectivity index (χ3v) is 7.52. The summed E-state index contributed by atoms with van der Waals surface area (Å²) in [5, 5.41) is 9.73. The van der Waals surface area contributed by atoms with Crippen LogP contribution in [-0.4, -0.2) is 47.8 Å². The Bertz CT molecular complexity index is 868. The zero-order valence-electron chi connectivity index (χ0n) is 17.3. The number of benzene rings is 1. The maximum absolute atomic E-state index is 13.0. The van der Waals surface area contributed by atoms with Crippen LogP contribution in [0.4, 0.5) is 0 Å². The molecule has 7 nitrogen and oxygen atoms in total. The van der Waals surface area contributed by atoms with Gasteiger partial charge in [-0.15, -0.1) is 0 Å². The second kappa shape index (κ2) is 8.12. The number of imide groups is 1. The topological polar surface area (TPSA) is 90.5 Å². The van der Waals surface area contributed by atoms with Gasteiger partial charge < -0.3 is 15.5 Å². The van der Waals surface area contributed by atoms with Crippen LogP contribution in [-0.2, 0) is 22.7 Å². The van der Waals surface area contributed by atoms with Gasteiger partial charge in [-0.2, -0.15) is 0 Å². The minimum atomic E-state index is -0.559. The molecule has 0 spiro atoms. The average molecular weight is 411 g/mol. The van der Waals surface area contributed by atoms with Gasteiger partial charge >= 0.3 is 0 Å². The minimum Gasteiger partial charge on any atom is -0.322 e. The van der Waals surface area contributed by atoms with Gasteiger partial charge in [0.2, 0.25) is 11.8 Å². The maximum atomic E-state index is 13.0. The van der Waals surface area contributed by atoms with Crippen LogP contribution in [0.25, 0.3) is 0 Å². The second-order valence-corrected chi connectivity index (χ2v) is 9.18. The van der Waals surface area contributed by atoms with Gasteiger partial charge in [-0.25, -0.2) is 0 Å². The third-order valence-electron chi connectivity index (χ3n) is 7.52. The van der Waals surface area contributed by atoms with Gasteiger partial charge in [0.05, 0.1) is 0 Å². The fourth-order valence-electron chi connectivity index (χ4n) is 5.89. The van der Waals surface area contributed by atoms with Crippen molar-refractivity contribution in [2.24, 2.45) is 11.8 Å². The molecular weight excluding hydrogens is 380 g/mol. The van der Waals surface area contributed by atoms with Crippen molar-refractivity contribution in [2.45, 2.75) is 63.7 Å². The van der Waals surface area contributed by atoms with Crippen LogP contribution in [0.5, 0.6) is 0 Å². The van der Waals surface area contributed by atoms with E-state index < -0.39 is 6.04 Å². The number of piperidine rings is 2. The molecule has 1 aromatic rings. The first kappa shape index (κ1) is 19.7. The van der Waals surface area contributed by atoms with E-state index in [9.17, 15) is 14.4 Å². The molecule has 2 saturated heterocycles. The van der Waals surface area contributed by atoms with Crippen LogP contribution in [0.15, 0.2) is 18.2 Å². The van der Waals surface area contributed by atoms with Gasteiger partial charge in [0.15, 0.2) is 0 Å². The van der Waals surface area contributed by atoms with Crippen molar-refractivity contribution in [1.29, 1.82) is 0 Å². The molecule has 4 unspecified atom stereocenters. The molecule has 1 aromatic carbocycles. The Hall–Kier alpha value is -2.25. The lowest BCUT2D eigenvalue weighted by molar-refractivity contribution is -0.136. The number of hydrogen-bond donors (Lipinski definition) is 3. The van der Waals surface area contributed by atoms with Crippen molar-refractivity contribution in [2.75, 3.05) is 13.1 Å². The summed E-state index contributed by atoms with van der Waals surface area (Å²) in [7, 11) is 0. The van der Waals surface area contributed by atoms with E-state index >= 15 is 0 Å². The van der Waals surface area contributed by atoms with Gasteiger partial charge in [0.25, 0.3) is 5.91 Å². The molecule has 4 atom stereocenters. The van der Waals surface area contributed by atoms with Crippen LogP contribution in [0.2, 0.25) is 0 Å². The van der Waals surface area contributed by atoms with Gasteiger partial charge in [-0.05, 0) is 67.8 Å². The number of nitrogens with zero attached hydrogens (tertiary/aromatic N) is 1. The smallest absolute Gasteiger partial charge is 0.255 e. The molecule has 3 aliphatic heterocycles. The van der Waals surface area contributed by atoms with Crippen molar-refractivity contribution >= 4 is 17.7 Å². The number of carbonyl (C=O) groups is 3. The largest absolute Gasteiger partial charge is 0.322 e. The number of carbonyl (C=O) groups excluding carboxylic acids is 3. The molecule has 3 fully saturated rings. The fourth-order valence-corrected chi connectivity index (χ4v) is 5.89. The summed E-state index contributed by atoms with van der Waals surface area (Å²) in [5.74, 6) is 0.795. The summed E-state index contributed by atoms with van der Waals surface area (Å²) in [6.45, 7) is 3.42. The molecule has 5 rings (SSSR count). The number of fused-ring (bicyclic) bond motifs is 2. The summed E-state index contributed by atoms with van der Waals surface area (Å²) in [4.78, 5) is 38.4. The van der Waals surface area contributed by atoms with Crippen LogP contribution in [0, 0.1) is 11.8 Å². The molecule has 1 saturated carbocycles. The van der Waals surface area contributed by atoms with Crippen LogP contribution < -0.4 is 16.0 Å². The van der Waals surface area contributed by atoms with E-state index in [2.05, 4.69) is 22.0 Å². The number of rotatable bonds is 4. The monoisotopic (exact) mass is 410 g/mol. The van der Waals surface area contributed by atoms with E-state index in [1.54, 1.807) is 4.90 Å². The summed E-state index contributed by atoms with van der Waals surface area (Å²) in [6, 6.07) is 5.83. The zero-order valence-corrected chi connectivity index (χ0v) is 17.3. The molecule has 3 N–H and O–H groups in total. The van der Waals surface area contributed by atoms with E-state index in [4.69, 9.17) is 0 Å². The first-order chi connectivity index (χ1) is 14.6. The Morgan fingerprint density at radius 3 is 2.87 bits per heavy atom. The minimum absolute atomic E-state index is 0.101. The highest BCUT2D eigenvalue weighted by atomic mass is 16.2. The van der Waals surface area contributed by atoms with E-state index in [1.165, 1.54) is 25.7 Å². The Morgan fingerprint density at radius 1 is 1.10 bits per heavy atom. The molecule has 3 amide bonds. The summed E-state index contributed by atoms with van der Waals surface area (Å²) in [5.41, 5.74) is 2.86. The van der Waals surface area contributed by atoms with E-state index in [0.29, 0.717) is 30.5 Å². The van der Waals surface area contributed by atoms with Gasteiger partial charge in [-0.3, -0.25) is 19.7 Å². The highest BCUT2D eigenvalue weighted by Gasteiger charge is 2.40. The Labute approximate surface area is 177 Å². The highest BCUT2D eigenvalue weighted by Crippen LogP contribution is 2.35. The molecule has 0 aromatic heterocycles.